The third-order valence-corrected chi connectivity index (χ3v) is 12.8. The Hall–Kier alpha value is -2.89. The Bertz CT molecular complexity index is 1230. The van der Waals surface area contributed by atoms with E-state index in [-0.39, 0.29) is 31.1 Å². The van der Waals surface area contributed by atoms with Gasteiger partial charge in [-0.05, 0) is 77.0 Å². The van der Waals surface area contributed by atoms with Gasteiger partial charge in [-0.25, -0.2) is 0 Å². The van der Waals surface area contributed by atoms with Crippen molar-refractivity contribution in [1.29, 1.82) is 0 Å². The molecule has 0 radical (unpaired) electrons. The Kier molecular flexibility index (Phi) is 54.3. The topological polar surface area (TPSA) is 78.9 Å². The van der Waals surface area contributed by atoms with Gasteiger partial charge in [0.15, 0.2) is 6.10 Å². The van der Waals surface area contributed by atoms with Crippen LogP contribution in [0.15, 0.2) is 60.8 Å². The molecule has 6 nitrogen and oxygen atoms in total. The number of unbranched alkanes of at least 4 members (excludes halogenated alkanes) is 32. The standard InChI is InChI=1S/C62H110O6/c1-4-7-10-13-16-19-22-23-24-25-26-27-28-29-30-31-32-33-34-35-36-37-38-39-41-43-46-49-52-55-61(64)67-58-59(57-66-60(63)54-51-48-45-42-21-18-15-12-9-6-3)68-62(65)56-53-50-47-44-40-20-17-14-11-8-5-2/h7,10,14,16-17,19,23-24,26-27,59H,4-6,8-9,11-13,15,18,20-22,25,28-58H2,1-3H3/b10-7-,17-14-,19-16-,24-23-,27-26-. The highest BCUT2D eigenvalue weighted by Crippen LogP contribution is 2.16. The van der Waals surface area contributed by atoms with Crippen LogP contribution < -0.4 is 0 Å². The van der Waals surface area contributed by atoms with E-state index in [1.807, 2.05) is 0 Å². The molecule has 0 aromatic heterocycles. The summed E-state index contributed by atoms with van der Waals surface area (Å²) < 4.78 is 16.8. The first-order valence-corrected chi connectivity index (χ1v) is 29.3. The number of allylic oxidation sites excluding steroid dienone is 10. The Labute approximate surface area is 421 Å². The van der Waals surface area contributed by atoms with Gasteiger partial charge < -0.3 is 14.2 Å². The predicted molar refractivity (Wildman–Crippen MR) is 293 cm³/mol. The molecule has 0 amide bonds. The number of hydrogen-bond acceptors (Lipinski definition) is 6. The highest BCUT2D eigenvalue weighted by atomic mass is 16.6. The zero-order valence-corrected chi connectivity index (χ0v) is 45.1. The largest absolute Gasteiger partial charge is 0.462 e. The second-order valence-electron chi connectivity index (χ2n) is 19.5. The first-order chi connectivity index (χ1) is 33.5. The number of carbonyl (C=O) groups excluding carboxylic acids is 3. The molecule has 68 heavy (non-hydrogen) atoms. The van der Waals surface area contributed by atoms with E-state index in [4.69, 9.17) is 14.2 Å². The third kappa shape index (κ3) is 54.1. The smallest absolute Gasteiger partial charge is 0.306 e. The molecular weight excluding hydrogens is 841 g/mol. The molecule has 0 spiro atoms. The van der Waals surface area contributed by atoms with Crippen molar-refractivity contribution < 1.29 is 28.6 Å². The highest BCUT2D eigenvalue weighted by molar-refractivity contribution is 5.71. The minimum Gasteiger partial charge on any atom is -0.462 e. The summed E-state index contributed by atoms with van der Waals surface area (Å²) in [5, 5.41) is 0. The lowest BCUT2D eigenvalue weighted by atomic mass is 10.0. The lowest BCUT2D eigenvalue weighted by Crippen LogP contribution is -2.30. The number of rotatable bonds is 53. The van der Waals surface area contributed by atoms with Gasteiger partial charge in [-0.1, -0.05) is 261 Å². The van der Waals surface area contributed by atoms with Crippen LogP contribution in [0.25, 0.3) is 0 Å². The molecule has 0 N–H and O–H groups in total. The molecule has 0 aliphatic carbocycles. The summed E-state index contributed by atoms with van der Waals surface area (Å²) in [6.45, 7) is 6.49. The maximum Gasteiger partial charge on any atom is 0.306 e. The Balaban J connectivity index is 4.08. The number of ether oxygens (including phenoxy) is 3. The van der Waals surface area contributed by atoms with Crippen LogP contribution in [0, 0.1) is 0 Å². The first-order valence-electron chi connectivity index (χ1n) is 29.3. The van der Waals surface area contributed by atoms with Gasteiger partial charge in [-0.2, -0.15) is 0 Å². The first kappa shape index (κ1) is 65.1. The SMILES string of the molecule is CC/C=C\C/C=C\C/C=C\C/C=C\CCCCCCCCCCCCCCCCCCC(=O)OCC(COC(=O)CCCCCCCCCCCC)OC(=O)CCCCCCC/C=C\CCCC. The molecule has 0 aliphatic heterocycles. The normalized spacial score (nSPS) is 12.5. The summed E-state index contributed by atoms with van der Waals surface area (Å²) in [5.41, 5.74) is 0. The van der Waals surface area contributed by atoms with Crippen molar-refractivity contribution in [1.82, 2.24) is 0 Å². The van der Waals surface area contributed by atoms with E-state index in [1.54, 1.807) is 0 Å². The van der Waals surface area contributed by atoms with Crippen LogP contribution in [0.4, 0.5) is 0 Å². The lowest BCUT2D eigenvalue weighted by Gasteiger charge is -2.18. The van der Waals surface area contributed by atoms with E-state index in [1.165, 1.54) is 161 Å². The molecule has 1 unspecified atom stereocenters. The fourth-order valence-electron chi connectivity index (χ4n) is 8.36. The summed E-state index contributed by atoms with van der Waals surface area (Å²) in [4.78, 5) is 38.0. The number of esters is 3. The zero-order chi connectivity index (χ0) is 49.3. The molecule has 0 aromatic carbocycles. The lowest BCUT2D eigenvalue weighted by molar-refractivity contribution is -0.167. The van der Waals surface area contributed by atoms with Gasteiger partial charge in [-0.15, -0.1) is 0 Å². The maximum atomic E-state index is 12.8. The molecule has 0 aliphatic rings. The van der Waals surface area contributed by atoms with Crippen LogP contribution in [0.5, 0.6) is 0 Å². The molecule has 0 rings (SSSR count). The van der Waals surface area contributed by atoms with Crippen LogP contribution in [-0.2, 0) is 28.6 Å². The summed E-state index contributed by atoms with van der Waals surface area (Å²) in [6.07, 6.45) is 70.9. The van der Waals surface area contributed by atoms with Gasteiger partial charge in [0.1, 0.15) is 13.2 Å². The number of carbonyl (C=O) groups is 3. The molecule has 0 aromatic rings. The molecule has 0 saturated heterocycles. The van der Waals surface area contributed by atoms with Gasteiger partial charge in [-0.3, -0.25) is 14.4 Å². The van der Waals surface area contributed by atoms with Gasteiger partial charge in [0.25, 0.3) is 0 Å². The molecule has 1 atom stereocenters. The Morgan fingerprint density at radius 3 is 0.956 bits per heavy atom. The van der Waals surface area contributed by atoms with Crippen LogP contribution in [0.3, 0.4) is 0 Å². The van der Waals surface area contributed by atoms with Crippen molar-refractivity contribution in [3.8, 4) is 0 Å². The second kappa shape index (κ2) is 56.7. The van der Waals surface area contributed by atoms with Crippen molar-refractivity contribution in [3.63, 3.8) is 0 Å². The molecule has 394 valence electrons. The number of hydrogen-bond donors (Lipinski definition) is 0. The molecule has 0 bridgehead atoms. The van der Waals surface area contributed by atoms with Crippen molar-refractivity contribution in [2.24, 2.45) is 0 Å². The fourth-order valence-corrected chi connectivity index (χ4v) is 8.36. The van der Waals surface area contributed by atoms with Crippen LogP contribution >= 0.6 is 0 Å². The van der Waals surface area contributed by atoms with E-state index in [9.17, 15) is 14.4 Å². The van der Waals surface area contributed by atoms with E-state index in [2.05, 4.69) is 81.5 Å². The fraction of sp³-hybridized carbons (Fsp3) is 0.790. The minimum absolute atomic E-state index is 0.0734. The van der Waals surface area contributed by atoms with Crippen LogP contribution in [0.1, 0.15) is 297 Å². The summed E-state index contributed by atoms with van der Waals surface area (Å²) in [6, 6.07) is 0. The average molecular weight is 952 g/mol. The van der Waals surface area contributed by atoms with E-state index in [0.717, 1.165) is 96.3 Å². The van der Waals surface area contributed by atoms with Crippen LogP contribution in [0.2, 0.25) is 0 Å². The monoisotopic (exact) mass is 951 g/mol. The van der Waals surface area contributed by atoms with E-state index < -0.39 is 6.10 Å². The summed E-state index contributed by atoms with van der Waals surface area (Å²) in [7, 11) is 0. The van der Waals surface area contributed by atoms with Gasteiger partial charge >= 0.3 is 17.9 Å². The van der Waals surface area contributed by atoms with Crippen molar-refractivity contribution in [2.45, 2.75) is 303 Å². The van der Waals surface area contributed by atoms with Crippen molar-refractivity contribution >= 4 is 17.9 Å². The predicted octanol–water partition coefficient (Wildman–Crippen LogP) is 19.6. The minimum atomic E-state index is -0.773. The maximum absolute atomic E-state index is 12.8. The molecule has 6 heteroatoms. The van der Waals surface area contributed by atoms with Crippen molar-refractivity contribution in [3.05, 3.63) is 60.8 Å². The Morgan fingerprint density at radius 1 is 0.309 bits per heavy atom. The summed E-state index contributed by atoms with van der Waals surface area (Å²) in [5.74, 6) is -0.874. The van der Waals surface area contributed by atoms with E-state index >= 15 is 0 Å². The summed E-state index contributed by atoms with van der Waals surface area (Å²) >= 11 is 0. The van der Waals surface area contributed by atoms with Crippen LogP contribution in [-0.4, -0.2) is 37.2 Å². The Morgan fingerprint density at radius 2 is 0.588 bits per heavy atom. The molecule has 0 fully saturated rings. The molecule has 0 heterocycles. The average Bonchev–Trinajstić information content (AvgIpc) is 3.34. The highest BCUT2D eigenvalue weighted by Gasteiger charge is 2.19. The van der Waals surface area contributed by atoms with Gasteiger partial charge in [0, 0.05) is 19.3 Å². The third-order valence-electron chi connectivity index (χ3n) is 12.8. The van der Waals surface area contributed by atoms with E-state index in [0.29, 0.717) is 19.3 Å². The molecular formula is C62H110O6. The quantitative estimate of drug-likeness (QED) is 0.0262. The second-order valence-corrected chi connectivity index (χ2v) is 19.5. The van der Waals surface area contributed by atoms with Gasteiger partial charge in [0.05, 0.1) is 0 Å². The van der Waals surface area contributed by atoms with Crippen molar-refractivity contribution in [2.75, 3.05) is 13.2 Å². The van der Waals surface area contributed by atoms with Gasteiger partial charge in [0.2, 0.25) is 0 Å². The zero-order valence-electron chi connectivity index (χ0n) is 45.1. The molecule has 0 saturated carbocycles.